The van der Waals surface area contributed by atoms with Gasteiger partial charge in [0.25, 0.3) is 0 Å². The van der Waals surface area contributed by atoms with Crippen LogP contribution in [0.4, 0.5) is 0 Å². The Morgan fingerprint density at radius 1 is 1.44 bits per heavy atom. The fourth-order valence-corrected chi connectivity index (χ4v) is 2.24. The zero-order valence-electron chi connectivity index (χ0n) is 10.2. The van der Waals surface area contributed by atoms with E-state index in [2.05, 4.69) is 6.92 Å². The zero-order chi connectivity index (χ0) is 12.0. The normalized spacial score (nSPS) is 26.8. The van der Waals surface area contributed by atoms with Gasteiger partial charge in [0.15, 0.2) is 0 Å². The summed E-state index contributed by atoms with van der Waals surface area (Å²) >= 11 is 0. The van der Waals surface area contributed by atoms with Crippen LogP contribution in [0.3, 0.4) is 0 Å². The van der Waals surface area contributed by atoms with Crippen LogP contribution >= 0.6 is 0 Å². The van der Waals surface area contributed by atoms with E-state index in [1.54, 1.807) is 13.0 Å². The molecule has 1 aliphatic carbocycles. The second-order valence-corrected chi connectivity index (χ2v) is 4.52. The van der Waals surface area contributed by atoms with Crippen LogP contribution in [0.1, 0.15) is 46.0 Å². The van der Waals surface area contributed by atoms with Crippen molar-refractivity contribution in [3.63, 3.8) is 0 Å². The van der Waals surface area contributed by atoms with E-state index >= 15 is 0 Å². The molecule has 0 saturated heterocycles. The van der Waals surface area contributed by atoms with Crippen molar-refractivity contribution in [2.24, 2.45) is 5.92 Å². The summed E-state index contributed by atoms with van der Waals surface area (Å²) in [6.07, 6.45) is 8.07. The molecule has 0 heterocycles. The summed E-state index contributed by atoms with van der Waals surface area (Å²) < 4.78 is 5.77. The van der Waals surface area contributed by atoms with Gasteiger partial charge < -0.3 is 9.84 Å². The van der Waals surface area contributed by atoms with Crippen LogP contribution in [0.15, 0.2) is 11.6 Å². The number of hydrogen-bond acceptors (Lipinski definition) is 2. The van der Waals surface area contributed by atoms with Crippen molar-refractivity contribution in [2.45, 2.75) is 52.1 Å². The highest BCUT2D eigenvalue weighted by atomic mass is 16.5. The number of carboxylic acids is 1. The largest absolute Gasteiger partial charge is 0.478 e. The molecule has 0 spiro atoms. The summed E-state index contributed by atoms with van der Waals surface area (Å²) in [6.45, 7) is 4.23. The van der Waals surface area contributed by atoms with Gasteiger partial charge in [0.2, 0.25) is 0 Å². The lowest BCUT2D eigenvalue weighted by molar-refractivity contribution is -0.132. The first kappa shape index (κ1) is 13.2. The summed E-state index contributed by atoms with van der Waals surface area (Å²) in [5.74, 6) is -0.202. The number of carbonyl (C=O) groups is 1. The number of hydrogen-bond donors (Lipinski definition) is 1. The van der Waals surface area contributed by atoms with E-state index in [4.69, 9.17) is 9.84 Å². The molecule has 2 atom stereocenters. The highest BCUT2D eigenvalue weighted by molar-refractivity contribution is 5.85. The minimum absolute atomic E-state index is 0.330. The van der Waals surface area contributed by atoms with Crippen molar-refractivity contribution < 1.29 is 14.6 Å². The van der Waals surface area contributed by atoms with Gasteiger partial charge in [-0.1, -0.05) is 26.2 Å². The van der Waals surface area contributed by atoms with Crippen LogP contribution in [0.25, 0.3) is 0 Å². The monoisotopic (exact) mass is 226 g/mol. The molecule has 16 heavy (non-hydrogen) atoms. The standard InChI is InChI=1S/C13H22O3/c1-3-11-6-4-5-7-12(11)16-9-8-10(2)13(14)15/h8,11-12H,3-7,9H2,1-2H3,(H,14,15). The molecule has 1 saturated carbocycles. The van der Waals surface area contributed by atoms with Crippen molar-refractivity contribution >= 4 is 5.97 Å². The number of aliphatic carboxylic acids is 1. The van der Waals surface area contributed by atoms with E-state index in [0.29, 0.717) is 24.2 Å². The maximum Gasteiger partial charge on any atom is 0.331 e. The molecule has 1 N–H and O–H groups in total. The van der Waals surface area contributed by atoms with Crippen molar-refractivity contribution in [1.82, 2.24) is 0 Å². The molecule has 2 unspecified atom stereocenters. The first-order valence-corrected chi connectivity index (χ1v) is 6.16. The first-order chi connectivity index (χ1) is 7.65. The molecular weight excluding hydrogens is 204 g/mol. The molecule has 1 rings (SSSR count). The van der Waals surface area contributed by atoms with Gasteiger partial charge in [-0.25, -0.2) is 4.79 Å². The Bertz CT molecular complexity index is 258. The predicted molar refractivity (Wildman–Crippen MR) is 63.4 cm³/mol. The van der Waals surface area contributed by atoms with E-state index in [9.17, 15) is 4.79 Å². The van der Waals surface area contributed by atoms with Crippen LogP contribution in [0.5, 0.6) is 0 Å². The smallest absolute Gasteiger partial charge is 0.331 e. The van der Waals surface area contributed by atoms with Gasteiger partial charge in [0.05, 0.1) is 12.7 Å². The van der Waals surface area contributed by atoms with E-state index in [-0.39, 0.29) is 0 Å². The lowest BCUT2D eigenvalue weighted by Crippen LogP contribution is -2.27. The zero-order valence-corrected chi connectivity index (χ0v) is 10.2. The third kappa shape index (κ3) is 3.97. The molecule has 0 aromatic rings. The molecule has 3 nitrogen and oxygen atoms in total. The average molecular weight is 226 g/mol. The number of ether oxygens (including phenoxy) is 1. The molecule has 1 aliphatic rings. The summed E-state index contributed by atoms with van der Waals surface area (Å²) in [6, 6.07) is 0. The van der Waals surface area contributed by atoms with Gasteiger partial charge >= 0.3 is 5.97 Å². The SMILES string of the molecule is CCC1CCCCC1OCC=C(C)C(=O)O. The summed E-state index contributed by atoms with van der Waals surface area (Å²) in [5, 5.41) is 8.69. The lowest BCUT2D eigenvalue weighted by Gasteiger charge is -2.30. The van der Waals surface area contributed by atoms with Gasteiger partial charge in [-0.05, 0) is 31.8 Å². The van der Waals surface area contributed by atoms with Gasteiger partial charge in [-0.3, -0.25) is 0 Å². The molecule has 0 aromatic heterocycles. The van der Waals surface area contributed by atoms with Crippen LogP contribution in [0.2, 0.25) is 0 Å². The Labute approximate surface area is 97.5 Å². The fraction of sp³-hybridized carbons (Fsp3) is 0.769. The van der Waals surface area contributed by atoms with Gasteiger partial charge in [0.1, 0.15) is 0 Å². The lowest BCUT2D eigenvalue weighted by atomic mass is 9.85. The molecule has 0 bridgehead atoms. The van der Waals surface area contributed by atoms with Gasteiger partial charge in [-0.15, -0.1) is 0 Å². The van der Waals surface area contributed by atoms with E-state index in [0.717, 1.165) is 12.8 Å². The third-order valence-electron chi connectivity index (χ3n) is 3.40. The van der Waals surface area contributed by atoms with Crippen LogP contribution in [0, 0.1) is 5.92 Å². The van der Waals surface area contributed by atoms with Crippen LogP contribution in [-0.4, -0.2) is 23.8 Å². The van der Waals surface area contributed by atoms with Crippen molar-refractivity contribution in [1.29, 1.82) is 0 Å². The molecule has 92 valence electrons. The molecule has 1 fully saturated rings. The molecule has 0 amide bonds. The maximum absolute atomic E-state index is 10.6. The summed E-state index contributed by atoms with van der Waals surface area (Å²) in [4.78, 5) is 10.6. The second-order valence-electron chi connectivity index (χ2n) is 4.52. The van der Waals surface area contributed by atoms with Crippen LogP contribution in [-0.2, 0) is 9.53 Å². The van der Waals surface area contributed by atoms with E-state index in [1.165, 1.54) is 19.3 Å². The fourth-order valence-electron chi connectivity index (χ4n) is 2.24. The Kier molecular flexibility index (Phi) is 5.53. The molecule has 0 radical (unpaired) electrons. The van der Waals surface area contributed by atoms with Gasteiger partial charge in [-0.2, -0.15) is 0 Å². The second kappa shape index (κ2) is 6.69. The summed E-state index contributed by atoms with van der Waals surface area (Å²) in [7, 11) is 0. The Morgan fingerprint density at radius 3 is 2.75 bits per heavy atom. The maximum atomic E-state index is 10.6. The highest BCUT2D eigenvalue weighted by Crippen LogP contribution is 2.29. The van der Waals surface area contributed by atoms with E-state index in [1.807, 2.05) is 0 Å². The molecule has 3 heteroatoms. The van der Waals surface area contributed by atoms with E-state index < -0.39 is 5.97 Å². The minimum atomic E-state index is -0.862. The third-order valence-corrected chi connectivity index (χ3v) is 3.40. The Morgan fingerprint density at radius 2 is 2.12 bits per heavy atom. The predicted octanol–water partition coefficient (Wildman–Crippen LogP) is 3.00. The van der Waals surface area contributed by atoms with Crippen LogP contribution < -0.4 is 0 Å². The number of carboxylic acid groups (broad SMARTS) is 1. The van der Waals surface area contributed by atoms with Crippen molar-refractivity contribution in [3.05, 3.63) is 11.6 Å². The Balaban J connectivity index is 2.35. The highest BCUT2D eigenvalue weighted by Gasteiger charge is 2.23. The summed E-state index contributed by atoms with van der Waals surface area (Å²) in [5.41, 5.74) is 0.365. The van der Waals surface area contributed by atoms with Gasteiger partial charge in [0, 0.05) is 5.57 Å². The van der Waals surface area contributed by atoms with Crippen molar-refractivity contribution in [2.75, 3.05) is 6.61 Å². The average Bonchev–Trinajstić information content (AvgIpc) is 2.29. The topological polar surface area (TPSA) is 46.5 Å². The molecule has 0 aliphatic heterocycles. The minimum Gasteiger partial charge on any atom is -0.478 e. The first-order valence-electron chi connectivity index (χ1n) is 6.16. The molecule has 0 aromatic carbocycles. The molecular formula is C13H22O3. The quantitative estimate of drug-likeness (QED) is 0.733. The number of rotatable bonds is 5. The van der Waals surface area contributed by atoms with Crippen molar-refractivity contribution in [3.8, 4) is 0 Å². The Hall–Kier alpha value is -0.830.